The molecule has 1 unspecified atom stereocenters. The molecule has 0 spiro atoms. The number of carbonyl (C=O) groups excluding carboxylic acids is 1. The molecule has 2 aliphatic heterocycles. The summed E-state index contributed by atoms with van der Waals surface area (Å²) in [6.07, 6.45) is 4.45. The van der Waals surface area contributed by atoms with Gasteiger partial charge in [0.15, 0.2) is 17.2 Å². The number of allylic oxidation sites excluding steroid dienone is 2. The fourth-order valence-electron chi connectivity index (χ4n) is 4.05. The van der Waals surface area contributed by atoms with Gasteiger partial charge in [0.2, 0.25) is 5.88 Å². The summed E-state index contributed by atoms with van der Waals surface area (Å²) >= 11 is 11.8. The van der Waals surface area contributed by atoms with E-state index in [1.165, 1.54) is 11.8 Å². The van der Waals surface area contributed by atoms with Crippen LogP contribution in [0, 0.1) is 0 Å². The number of aromatic nitrogens is 1. The molecule has 2 aromatic rings. The molecule has 1 saturated heterocycles. The molecular weight excluding hydrogens is 568 g/mol. The van der Waals surface area contributed by atoms with Crippen LogP contribution in [0.4, 0.5) is 11.5 Å². The minimum Gasteiger partial charge on any atom is -0.439 e. The third-order valence-corrected chi connectivity index (χ3v) is 7.24. The maximum absolute atomic E-state index is 13.5. The molecule has 3 heterocycles. The number of carbonyl (C=O) groups is 1. The standard InChI is InChI=1S/C25H27ClN4O7S2/c1-17(31)36-14-13-29-19(24(32)30(25(29)38)22-6-2-3-11-27-22)8-10-23-28(12-4-5-15-39(33,34)35)20-16-18(26)7-9-21(20)37-23/h2-3,6-11,16-17,31H,4-5,12-15H2,1H3,(H,33,34,35). The third kappa shape index (κ3) is 7.12. The predicted octanol–water partition coefficient (Wildman–Crippen LogP) is 3.32. The van der Waals surface area contributed by atoms with Gasteiger partial charge in [-0.25, -0.2) is 9.88 Å². The topological polar surface area (TPSA) is 133 Å². The number of aliphatic hydroxyl groups is 1. The van der Waals surface area contributed by atoms with Crippen molar-refractivity contribution in [3.05, 3.63) is 71.3 Å². The first-order valence-corrected chi connectivity index (χ1v) is 14.4. The first-order valence-electron chi connectivity index (χ1n) is 12.0. The van der Waals surface area contributed by atoms with Crippen LogP contribution in [-0.4, -0.2) is 70.7 Å². The Kier molecular flexibility index (Phi) is 9.20. The highest BCUT2D eigenvalue weighted by Crippen LogP contribution is 2.41. The minimum atomic E-state index is -4.07. The van der Waals surface area contributed by atoms with Crippen molar-refractivity contribution in [3.8, 4) is 5.75 Å². The number of aliphatic hydroxyl groups excluding tert-OH is 1. The number of amides is 1. The molecule has 1 fully saturated rings. The zero-order valence-electron chi connectivity index (χ0n) is 20.9. The smallest absolute Gasteiger partial charge is 0.282 e. The zero-order valence-corrected chi connectivity index (χ0v) is 23.3. The van der Waals surface area contributed by atoms with Gasteiger partial charge < -0.3 is 24.4 Å². The number of hydrogen-bond acceptors (Lipinski definition) is 9. The molecule has 2 aliphatic rings. The highest BCUT2D eigenvalue weighted by atomic mass is 35.5. The van der Waals surface area contributed by atoms with Crippen LogP contribution in [-0.2, 0) is 19.6 Å². The third-order valence-electron chi connectivity index (χ3n) is 5.80. The van der Waals surface area contributed by atoms with Crippen LogP contribution in [0.1, 0.15) is 19.8 Å². The average molecular weight is 595 g/mol. The largest absolute Gasteiger partial charge is 0.439 e. The summed E-state index contributed by atoms with van der Waals surface area (Å²) in [6, 6.07) is 10.3. The van der Waals surface area contributed by atoms with E-state index in [1.54, 1.807) is 59.6 Å². The van der Waals surface area contributed by atoms with E-state index < -0.39 is 22.3 Å². The van der Waals surface area contributed by atoms with Gasteiger partial charge in [-0.1, -0.05) is 17.7 Å². The van der Waals surface area contributed by atoms with Gasteiger partial charge in [0.05, 0.1) is 18.0 Å². The van der Waals surface area contributed by atoms with Crippen molar-refractivity contribution in [3.63, 3.8) is 0 Å². The highest BCUT2D eigenvalue weighted by molar-refractivity contribution is 7.85. The molecule has 1 aromatic carbocycles. The molecule has 0 saturated carbocycles. The molecule has 1 atom stereocenters. The molecule has 208 valence electrons. The van der Waals surface area contributed by atoms with Crippen LogP contribution in [0.25, 0.3) is 0 Å². The number of benzene rings is 1. The highest BCUT2D eigenvalue weighted by Gasteiger charge is 2.39. The first-order chi connectivity index (χ1) is 18.5. The molecule has 1 amide bonds. The lowest BCUT2D eigenvalue weighted by molar-refractivity contribution is -0.114. The molecule has 0 radical (unpaired) electrons. The van der Waals surface area contributed by atoms with Crippen molar-refractivity contribution in [1.82, 2.24) is 9.88 Å². The Morgan fingerprint density at radius 3 is 2.67 bits per heavy atom. The van der Waals surface area contributed by atoms with Gasteiger partial charge in [-0.15, -0.1) is 0 Å². The van der Waals surface area contributed by atoms with E-state index in [1.807, 2.05) is 4.90 Å². The normalized spacial score (nSPS) is 18.3. The summed E-state index contributed by atoms with van der Waals surface area (Å²) in [4.78, 5) is 22.5. The Bertz CT molecular complexity index is 1400. The van der Waals surface area contributed by atoms with Gasteiger partial charge in [-0.2, -0.15) is 8.42 Å². The van der Waals surface area contributed by atoms with Crippen LogP contribution in [0.2, 0.25) is 5.02 Å². The molecule has 39 heavy (non-hydrogen) atoms. The number of rotatable bonds is 11. The van der Waals surface area contributed by atoms with Crippen LogP contribution in [0.3, 0.4) is 0 Å². The van der Waals surface area contributed by atoms with Gasteiger partial charge in [-0.05, 0) is 68.4 Å². The zero-order chi connectivity index (χ0) is 28.2. The summed E-state index contributed by atoms with van der Waals surface area (Å²) in [5.41, 5.74) is 0.931. The number of unbranched alkanes of at least 4 members (excludes halogenated alkanes) is 1. The fraction of sp³-hybridized carbons (Fsp3) is 0.320. The van der Waals surface area contributed by atoms with E-state index >= 15 is 0 Å². The van der Waals surface area contributed by atoms with E-state index in [0.29, 0.717) is 41.1 Å². The summed E-state index contributed by atoms with van der Waals surface area (Å²) in [7, 11) is -4.07. The number of hydrogen-bond donors (Lipinski definition) is 2. The van der Waals surface area contributed by atoms with Crippen LogP contribution >= 0.6 is 23.8 Å². The van der Waals surface area contributed by atoms with Gasteiger partial charge in [-0.3, -0.25) is 9.35 Å². The Balaban J connectivity index is 1.64. The number of pyridine rings is 1. The first kappa shape index (κ1) is 28.9. The number of halogens is 1. The van der Waals surface area contributed by atoms with Crippen LogP contribution in [0.15, 0.2) is 66.3 Å². The lowest BCUT2D eigenvalue weighted by atomic mass is 10.2. The van der Waals surface area contributed by atoms with Gasteiger partial charge in [0.25, 0.3) is 16.0 Å². The van der Waals surface area contributed by atoms with Gasteiger partial charge in [0.1, 0.15) is 11.5 Å². The molecular formula is C25H27ClN4O7S2. The second-order valence-electron chi connectivity index (χ2n) is 8.65. The second kappa shape index (κ2) is 12.4. The predicted molar refractivity (Wildman–Crippen MR) is 150 cm³/mol. The summed E-state index contributed by atoms with van der Waals surface area (Å²) in [5, 5.41) is 10.2. The van der Waals surface area contributed by atoms with Crippen molar-refractivity contribution in [2.45, 2.75) is 26.1 Å². The molecule has 2 N–H and O–H groups in total. The van der Waals surface area contributed by atoms with Gasteiger partial charge in [0, 0.05) is 30.4 Å². The number of fused-ring (bicyclic) bond motifs is 1. The van der Waals surface area contributed by atoms with Crippen LogP contribution < -0.4 is 14.5 Å². The molecule has 0 aliphatic carbocycles. The summed E-state index contributed by atoms with van der Waals surface area (Å²) < 4.78 is 42.6. The average Bonchev–Trinajstić information content (AvgIpc) is 3.33. The Morgan fingerprint density at radius 2 is 1.97 bits per heavy atom. The Hall–Kier alpha value is -3.07. The molecule has 11 nitrogen and oxygen atoms in total. The maximum Gasteiger partial charge on any atom is 0.282 e. The molecule has 14 heteroatoms. The van der Waals surface area contributed by atoms with E-state index in [4.69, 9.17) is 37.8 Å². The molecule has 1 aromatic heterocycles. The maximum atomic E-state index is 13.5. The summed E-state index contributed by atoms with van der Waals surface area (Å²) in [5.74, 6) is 0.549. The minimum absolute atomic E-state index is 0.107. The van der Waals surface area contributed by atoms with Crippen molar-refractivity contribution in [2.75, 3.05) is 35.2 Å². The van der Waals surface area contributed by atoms with Crippen molar-refractivity contribution in [1.29, 1.82) is 0 Å². The van der Waals surface area contributed by atoms with E-state index in [-0.39, 0.29) is 36.1 Å². The lowest BCUT2D eigenvalue weighted by Crippen LogP contribution is -2.35. The molecule has 4 rings (SSSR count). The fourth-order valence-corrected chi connectivity index (χ4v) is 5.16. The number of anilines is 2. The second-order valence-corrected chi connectivity index (χ2v) is 11.0. The number of thiocarbonyl (C=S) groups is 1. The van der Waals surface area contributed by atoms with Crippen molar-refractivity contribution < 1.29 is 32.3 Å². The summed E-state index contributed by atoms with van der Waals surface area (Å²) in [6.45, 7) is 2.16. The quantitative estimate of drug-likeness (QED) is 0.130. The SMILES string of the molecule is CC(O)OCCN1C(=S)N(c2ccccn2)C(=O)C1=CC=C1Oc2ccc(Cl)cc2N1CCCCS(=O)(=O)O. The van der Waals surface area contributed by atoms with E-state index in [9.17, 15) is 18.3 Å². The van der Waals surface area contributed by atoms with Gasteiger partial charge >= 0.3 is 0 Å². The number of ether oxygens (including phenoxy) is 2. The number of nitrogens with zero attached hydrogens (tertiary/aromatic N) is 4. The monoisotopic (exact) mass is 594 g/mol. The Labute approximate surface area is 236 Å². The van der Waals surface area contributed by atoms with E-state index in [2.05, 4.69) is 4.98 Å². The molecule has 0 bridgehead atoms. The Morgan fingerprint density at radius 1 is 1.18 bits per heavy atom. The van der Waals surface area contributed by atoms with Crippen molar-refractivity contribution in [2.24, 2.45) is 0 Å². The van der Waals surface area contributed by atoms with Crippen LogP contribution in [0.5, 0.6) is 5.75 Å². The lowest BCUT2D eigenvalue weighted by Gasteiger charge is -2.20. The van der Waals surface area contributed by atoms with E-state index in [0.717, 1.165) is 0 Å². The van der Waals surface area contributed by atoms with Crippen molar-refractivity contribution >= 4 is 56.5 Å².